The van der Waals surface area contributed by atoms with Gasteiger partial charge in [0.1, 0.15) is 0 Å². The van der Waals surface area contributed by atoms with Crippen LogP contribution in [-0.4, -0.2) is 23.3 Å². The van der Waals surface area contributed by atoms with Gasteiger partial charge in [-0.3, -0.25) is 9.59 Å². The summed E-state index contributed by atoms with van der Waals surface area (Å²) in [6.45, 7) is 8.55. The summed E-state index contributed by atoms with van der Waals surface area (Å²) in [7, 11) is 0. The van der Waals surface area contributed by atoms with Crippen molar-refractivity contribution >= 4 is 35.0 Å². The van der Waals surface area contributed by atoms with Gasteiger partial charge in [0.2, 0.25) is 11.8 Å². The van der Waals surface area contributed by atoms with Gasteiger partial charge in [-0.05, 0) is 47.2 Å². The van der Waals surface area contributed by atoms with Crippen LogP contribution in [0.1, 0.15) is 38.8 Å². The van der Waals surface area contributed by atoms with Crippen molar-refractivity contribution in [3.05, 3.63) is 59.7 Å². The lowest BCUT2D eigenvalue weighted by Gasteiger charge is -2.19. The fraction of sp³-hybridized carbons (Fsp3) is 0.364. The number of rotatable bonds is 7. The number of amides is 2. The van der Waals surface area contributed by atoms with Gasteiger partial charge in [0, 0.05) is 11.4 Å². The van der Waals surface area contributed by atoms with E-state index in [0.717, 1.165) is 17.8 Å². The largest absolute Gasteiger partial charge is 0.325 e. The van der Waals surface area contributed by atoms with Crippen LogP contribution in [0, 0.1) is 0 Å². The van der Waals surface area contributed by atoms with E-state index < -0.39 is 0 Å². The predicted octanol–water partition coefficient (Wildman–Crippen LogP) is 4.86. The van der Waals surface area contributed by atoms with Gasteiger partial charge >= 0.3 is 0 Å². The Bertz CT molecular complexity index is 762. The molecule has 0 aliphatic heterocycles. The fourth-order valence-corrected chi connectivity index (χ4v) is 3.13. The standard InChI is InChI=1S/C22H28N2O2S/c1-5-16-6-10-18(11-7-16)23-20(25)14-27-15-21(26)24-19-12-8-17(9-13-19)22(2,3)4/h6-13H,5,14-15H2,1-4H3,(H,23,25)(H,24,26). The second-order valence-electron chi connectivity index (χ2n) is 7.47. The first kappa shape index (κ1) is 21.0. The lowest BCUT2D eigenvalue weighted by molar-refractivity contribution is -0.114. The molecule has 0 saturated carbocycles. The molecule has 0 spiro atoms. The summed E-state index contributed by atoms with van der Waals surface area (Å²) >= 11 is 1.30. The molecule has 2 rings (SSSR count). The molecule has 0 aromatic heterocycles. The number of carbonyl (C=O) groups excluding carboxylic acids is 2. The Labute approximate surface area is 166 Å². The van der Waals surface area contributed by atoms with E-state index >= 15 is 0 Å². The average Bonchev–Trinajstić information content (AvgIpc) is 2.62. The van der Waals surface area contributed by atoms with Crippen LogP contribution in [0.5, 0.6) is 0 Å². The van der Waals surface area contributed by atoms with Crippen LogP contribution in [0.15, 0.2) is 48.5 Å². The highest BCUT2D eigenvalue weighted by atomic mass is 32.2. The van der Waals surface area contributed by atoms with Gasteiger partial charge in [-0.15, -0.1) is 11.8 Å². The molecule has 0 saturated heterocycles. The summed E-state index contributed by atoms with van der Waals surface area (Å²) in [6.07, 6.45) is 0.970. The second kappa shape index (κ2) is 9.60. The van der Waals surface area contributed by atoms with Crippen LogP contribution in [0.2, 0.25) is 0 Å². The number of thioether (sulfide) groups is 1. The minimum absolute atomic E-state index is 0.0859. The molecule has 144 valence electrons. The molecule has 0 radical (unpaired) electrons. The maximum Gasteiger partial charge on any atom is 0.234 e. The third-order valence-corrected chi connectivity index (χ3v) is 5.08. The number of anilines is 2. The molecule has 5 heteroatoms. The average molecular weight is 385 g/mol. The van der Waals surface area contributed by atoms with Crippen LogP contribution in [0.3, 0.4) is 0 Å². The number of nitrogens with one attached hydrogen (secondary N) is 2. The second-order valence-corrected chi connectivity index (χ2v) is 8.45. The molecule has 2 aromatic rings. The van der Waals surface area contributed by atoms with E-state index in [1.807, 2.05) is 48.5 Å². The Morgan fingerprint density at radius 1 is 0.815 bits per heavy atom. The van der Waals surface area contributed by atoms with Crippen molar-refractivity contribution in [2.24, 2.45) is 0 Å². The third-order valence-electron chi connectivity index (χ3n) is 4.15. The van der Waals surface area contributed by atoms with E-state index in [4.69, 9.17) is 0 Å². The quantitative estimate of drug-likeness (QED) is 0.717. The lowest BCUT2D eigenvalue weighted by atomic mass is 9.87. The zero-order valence-corrected chi connectivity index (χ0v) is 17.3. The normalized spacial score (nSPS) is 11.1. The van der Waals surface area contributed by atoms with E-state index in [1.165, 1.54) is 22.9 Å². The first-order valence-corrected chi connectivity index (χ1v) is 10.3. The molecule has 0 fully saturated rings. The molecule has 0 heterocycles. The van der Waals surface area contributed by atoms with E-state index in [2.05, 4.69) is 38.3 Å². The first-order chi connectivity index (χ1) is 12.8. The van der Waals surface area contributed by atoms with Gasteiger partial charge in [-0.25, -0.2) is 0 Å². The van der Waals surface area contributed by atoms with E-state index in [9.17, 15) is 9.59 Å². The number of aryl methyl sites for hydroxylation is 1. The summed E-state index contributed by atoms with van der Waals surface area (Å²) in [5.41, 5.74) is 4.09. The zero-order chi connectivity index (χ0) is 19.9. The Kier molecular flexibility index (Phi) is 7.48. The van der Waals surface area contributed by atoms with E-state index in [1.54, 1.807) is 0 Å². The maximum atomic E-state index is 12.0. The molecule has 2 N–H and O–H groups in total. The topological polar surface area (TPSA) is 58.2 Å². The molecule has 0 bridgehead atoms. The van der Waals surface area contributed by atoms with Crippen molar-refractivity contribution in [3.8, 4) is 0 Å². The monoisotopic (exact) mass is 384 g/mol. The van der Waals surface area contributed by atoms with Crippen LogP contribution in [0.25, 0.3) is 0 Å². The Morgan fingerprint density at radius 3 is 1.67 bits per heavy atom. The Morgan fingerprint density at radius 2 is 1.26 bits per heavy atom. The predicted molar refractivity (Wildman–Crippen MR) is 116 cm³/mol. The molecule has 2 aromatic carbocycles. The van der Waals surface area contributed by atoms with Crippen molar-refractivity contribution in [1.82, 2.24) is 0 Å². The van der Waals surface area contributed by atoms with Gasteiger partial charge in [0.05, 0.1) is 11.5 Å². The molecule has 4 nitrogen and oxygen atoms in total. The van der Waals surface area contributed by atoms with Crippen LogP contribution in [0.4, 0.5) is 11.4 Å². The Hall–Kier alpha value is -2.27. The first-order valence-electron chi connectivity index (χ1n) is 9.15. The van der Waals surface area contributed by atoms with Gasteiger partial charge in [0.15, 0.2) is 0 Å². The van der Waals surface area contributed by atoms with Crippen molar-refractivity contribution < 1.29 is 9.59 Å². The van der Waals surface area contributed by atoms with Crippen LogP contribution < -0.4 is 10.6 Å². The number of hydrogen-bond donors (Lipinski definition) is 2. The number of benzene rings is 2. The number of carbonyl (C=O) groups is 2. The van der Waals surface area contributed by atoms with Crippen molar-refractivity contribution in [2.75, 3.05) is 22.1 Å². The highest BCUT2D eigenvalue weighted by molar-refractivity contribution is 8.00. The van der Waals surface area contributed by atoms with Gasteiger partial charge in [-0.2, -0.15) is 0 Å². The molecule has 2 amide bonds. The van der Waals surface area contributed by atoms with Gasteiger partial charge in [-0.1, -0.05) is 52.0 Å². The van der Waals surface area contributed by atoms with Crippen LogP contribution >= 0.6 is 11.8 Å². The van der Waals surface area contributed by atoms with Crippen molar-refractivity contribution in [2.45, 2.75) is 39.5 Å². The number of hydrogen-bond acceptors (Lipinski definition) is 3. The Balaban J connectivity index is 1.72. The molecule has 0 aliphatic rings. The fourth-order valence-electron chi connectivity index (χ4n) is 2.51. The smallest absolute Gasteiger partial charge is 0.234 e. The van der Waals surface area contributed by atoms with Crippen molar-refractivity contribution in [1.29, 1.82) is 0 Å². The highest BCUT2D eigenvalue weighted by Gasteiger charge is 2.13. The summed E-state index contributed by atoms with van der Waals surface area (Å²) in [5.74, 6) is 0.268. The minimum Gasteiger partial charge on any atom is -0.325 e. The van der Waals surface area contributed by atoms with Crippen LogP contribution in [-0.2, 0) is 21.4 Å². The summed E-state index contributed by atoms with van der Waals surface area (Å²) in [6, 6.07) is 15.7. The third kappa shape index (κ3) is 7.10. The van der Waals surface area contributed by atoms with Gasteiger partial charge in [0.25, 0.3) is 0 Å². The minimum atomic E-state index is -0.108. The van der Waals surface area contributed by atoms with Gasteiger partial charge < -0.3 is 10.6 Å². The molecule has 0 unspecified atom stereocenters. The molecule has 0 atom stereocenters. The lowest BCUT2D eigenvalue weighted by Crippen LogP contribution is -2.18. The van der Waals surface area contributed by atoms with E-state index in [-0.39, 0.29) is 28.7 Å². The summed E-state index contributed by atoms with van der Waals surface area (Å²) in [4.78, 5) is 24.0. The van der Waals surface area contributed by atoms with Crippen molar-refractivity contribution in [3.63, 3.8) is 0 Å². The molecular weight excluding hydrogens is 356 g/mol. The summed E-state index contributed by atoms with van der Waals surface area (Å²) < 4.78 is 0. The summed E-state index contributed by atoms with van der Waals surface area (Å²) in [5, 5.41) is 5.71. The molecular formula is C22H28N2O2S. The highest BCUT2D eigenvalue weighted by Crippen LogP contribution is 2.23. The maximum absolute atomic E-state index is 12.0. The SMILES string of the molecule is CCc1ccc(NC(=O)CSCC(=O)Nc2ccc(C(C)(C)C)cc2)cc1. The molecule has 0 aliphatic carbocycles. The molecule has 27 heavy (non-hydrogen) atoms. The van der Waals surface area contributed by atoms with E-state index in [0.29, 0.717) is 0 Å². The zero-order valence-electron chi connectivity index (χ0n) is 16.5.